The maximum atomic E-state index is 12.5. The van der Waals surface area contributed by atoms with Crippen LogP contribution in [0.15, 0.2) is 30.3 Å². The lowest BCUT2D eigenvalue weighted by Gasteiger charge is -2.35. The highest BCUT2D eigenvalue weighted by Crippen LogP contribution is 2.15. The molecule has 1 aromatic carbocycles. The van der Waals surface area contributed by atoms with E-state index in [-0.39, 0.29) is 5.91 Å². The van der Waals surface area contributed by atoms with Gasteiger partial charge < -0.3 is 9.80 Å². The van der Waals surface area contributed by atoms with Gasteiger partial charge in [0, 0.05) is 43.3 Å². The van der Waals surface area contributed by atoms with E-state index in [1.54, 1.807) is 6.07 Å². The summed E-state index contributed by atoms with van der Waals surface area (Å²) >= 11 is 5.98. The van der Waals surface area contributed by atoms with E-state index in [2.05, 4.69) is 16.0 Å². The molecule has 1 aromatic heterocycles. The molecule has 0 unspecified atom stereocenters. The summed E-state index contributed by atoms with van der Waals surface area (Å²) in [5, 5.41) is 9.74. The number of hydrogen-bond acceptors (Lipinski definition) is 5. The molecule has 26 heavy (non-hydrogen) atoms. The SMILES string of the molecule is Cc1cc(C#N)nc(N2CCN(C(=O)CCc3cccc(Cl)c3)CC2)n1. The Labute approximate surface area is 158 Å². The van der Waals surface area contributed by atoms with Gasteiger partial charge in [0.15, 0.2) is 0 Å². The molecule has 0 spiro atoms. The number of benzene rings is 1. The third-order valence-corrected chi connectivity index (χ3v) is 4.62. The zero-order valence-corrected chi connectivity index (χ0v) is 15.4. The van der Waals surface area contributed by atoms with E-state index in [1.165, 1.54) is 0 Å². The molecule has 2 heterocycles. The molecule has 0 saturated carbocycles. The van der Waals surface area contributed by atoms with Crippen LogP contribution < -0.4 is 4.90 Å². The average Bonchev–Trinajstić information content (AvgIpc) is 2.65. The summed E-state index contributed by atoms with van der Waals surface area (Å²) in [5.41, 5.74) is 2.21. The molecule has 1 aliphatic heterocycles. The van der Waals surface area contributed by atoms with Gasteiger partial charge in [0.25, 0.3) is 0 Å². The summed E-state index contributed by atoms with van der Waals surface area (Å²) < 4.78 is 0. The zero-order valence-electron chi connectivity index (χ0n) is 14.7. The lowest BCUT2D eigenvalue weighted by molar-refractivity contribution is -0.131. The first-order chi connectivity index (χ1) is 12.5. The fourth-order valence-corrected chi connectivity index (χ4v) is 3.22. The standard InChI is InChI=1S/C19H20ClN5O/c1-14-11-17(13-21)23-19(22-14)25-9-7-24(8-10-25)18(26)6-5-15-3-2-4-16(20)12-15/h2-4,11-12H,5-10H2,1H3. The van der Waals surface area contributed by atoms with Crippen molar-refractivity contribution >= 4 is 23.5 Å². The lowest BCUT2D eigenvalue weighted by atomic mass is 10.1. The van der Waals surface area contributed by atoms with Crippen molar-refractivity contribution in [1.82, 2.24) is 14.9 Å². The second-order valence-corrected chi connectivity index (χ2v) is 6.74. The Morgan fingerprint density at radius 3 is 2.69 bits per heavy atom. The van der Waals surface area contributed by atoms with Gasteiger partial charge in [0.1, 0.15) is 11.8 Å². The fraction of sp³-hybridized carbons (Fsp3) is 0.368. The van der Waals surface area contributed by atoms with Crippen LogP contribution in [0, 0.1) is 18.3 Å². The molecule has 0 bridgehead atoms. The third kappa shape index (κ3) is 4.50. The lowest BCUT2D eigenvalue weighted by Crippen LogP contribution is -2.49. The van der Waals surface area contributed by atoms with Gasteiger partial charge in [-0.1, -0.05) is 23.7 Å². The number of piperazine rings is 1. The molecular formula is C19H20ClN5O. The Morgan fingerprint density at radius 1 is 1.23 bits per heavy atom. The van der Waals surface area contributed by atoms with Crippen molar-refractivity contribution in [3.8, 4) is 6.07 Å². The molecule has 2 aromatic rings. The van der Waals surface area contributed by atoms with Crippen molar-refractivity contribution in [1.29, 1.82) is 5.26 Å². The second-order valence-electron chi connectivity index (χ2n) is 6.30. The predicted octanol–water partition coefficient (Wildman–Crippen LogP) is 2.59. The Hall–Kier alpha value is -2.65. The van der Waals surface area contributed by atoms with Crippen LogP contribution >= 0.6 is 11.6 Å². The topological polar surface area (TPSA) is 73.1 Å². The summed E-state index contributed by atoms with van der Waals surface area (Å²) in [4.78, 5) is 25.0. The van der Waals surface area contributed by atoms with Crippen LogP contribution in [0.5, 0.6) is 0 Å². The summed E-state index contributed by atoms with van der Waals surface area (Å²) in [7, 11) is 0. The average molecular weight is 370 g/mol. The number of aromatic nitrogens is 2. The number of nitrogens with zero attached hydrogens (tertiary/aromatic N) is 5. The highest BCUT2D eigenvalue weighted by molar-refractivity contribution is 6.30. The number of hydrogen-bond donors (Lipinski definition) is 0. The number of halogens is 1. The van der Waals surface area contributed by atoms with Crippen molar-refractivity contribution in [2.24, 2.45) is 0 Å². The van der Waals surface area contributed by atoms with Gasteiger partial charge in [-0.15, -0.1) is 0 Å². The molecule has 1 fully saturated rings. The van der Waals surface area contributed by atoms with Gasteiger partial charge in [0.2, 0.25) is 11.9 Å². The summed E-state index contributed by atoms with van der Waals surface area (Å²) in [5.74, 6) is 0.708. The van der Waals surface area contributed by atoms with E-state index >= 15 is 0 Å². The third-order valence-electron chi connectivity index (χ3n) is 4.39. The fourth-order valence-electron chi connectivity index (χ4n) is 3.01. The van der Waals surface area contributed by atoms with E-state index < -0.39 is 0 Å². The molecule has 6 nitrogen and oxygen atoms in total. The van der Waals surface area contributed by atoms with Gasteiger partial charge >= 0.3 is 0 Å². The number of carbonyl (C=O) groups excluding carboxylic acids is 1. The molecule has 0 radical (unpaired) electrons. The van der Waals surface area contributed by atoms with Crippen LogP contribution in [-0.2, 0) is 11.2 Å². The molecule has 3 rings (SSSR count). The normalized spacial score (nSPS) is 14.2. The van der Waals surface area contributed by atoms with Crippen molar-refractivity contribution in [3.05, 3.63) is 52.3 Å². The number of aryl methyl sites for hydroxylation is 2. The first kappa shape index (κ1) is 18.2. The molecule has 0 N–H and O–H groups in total. The number of amides is 1. The quantitative estimate of drug-likeness (QED) is 0.828. The molecule has 0 aliphatic carbocycles. The zero-order chi connectivity index (χ0) is 18.5. The highest BCUT2D eigenvalue weighted by Gasteiger charge is 2.22. The minimum atomic E-state index is 0.146. The minimum Gasteiger partial charge on any atom is -0.339 e. The number of anilines is 1. The predicted molar refractivity (Wildman–Crippen MR) is 100 cm³/mol. The molecule has 0 atom stereocenters. The summed E-state index contributed by atoms with van der Waals surface area (Å²) in [6.07, 6.45) is 1.16. The molecular weight excluding hydrogens is 350 g/mol. The van der Waals surface area contributed by atoms with Gasteiger partial charge in [-0.3, -0.25) is 4.79 Å². The Balaban J connectivity index is 1.54. The second kappa shape index (κ2) is 8.15. The van der Waals surface area contributed by atoms with Crippen LogP contribution in [-0.4, -0.2) is 47.0 Å². The Kier molecular flexibility index (Phi) is 5.69. The molecule has 7 heteroatoms. The van der Waals surface area contributed by atoms with Crippen LogP contribution in [0.4, 0.5) is 5.95 Å². The molecule has 1 saturated heterocycles. The van der Waals surface area contributed by atoms with Gasteiger partial charge in [-0.2, -0.15) is 5.26 Å². The summed E-state index contributed by atoms with van der Waals surface area (Å²) in [6.45, 7) is 4.44. The van der Waals surface area contributed by atoms with Crippen LogP contribution in [0.2, 0.25) is 5.02 Å². The van der Waals surface area contributed by atoms with Gasteiger partial charge in [-0.05, 0) is 37.1 Å². The molecule has 1 amide bonds. The summed E-state index contributed by atoms with van der Waals surface area (Å²) in [6, 6.07) is 11.3. The largest absolute Gasteiger partial charge is 0.339 e. The van der Waals surface area contributed by atoms with Crippen LogP contribution in [0.3, 0.4) is 0 Å². The highest BCUT2D eigenvalue weighted by atomic mass is 35.5. The van der Waals surface area contributed by atoms with Gasteiger partial charge in [-0.25, -0.2) is 9.97 Å². The van der Waals surface area contributed by atoms with Crippen molar-refractivity contribution in [3.63, 3.8) is 0 Å². The van der Waals surface area contributed by atoms with E-state index in [1.807, 2.05) is 41.0 Å². The van der Waals surface area contributed by atoms with Crippen molar-refractivity contribution < 1.29 is 4.79 Å². The van der Waals surface area contributed by atoms with Crippen LogP contribution in [0.1, 0.15) is 23.4 Å². The van der Waals surface area contributed by atoms with Gasteiger partial charge in [0.05, 0.1) is 0 Å². The van der Waals surface area contributed by atoms with Crippen molar-refractivity contribution in [2.45, 2.75) is 19.8 Å². The monoisotopic (exact) mass is 369 g/mol. The number of carbonyl (C=O) groups is 1. The van der Waals surface area contributed by atoms with E-state index in [0.29, 0.717) is 55.7 Å². The van der Waals surface area contributed by atoms with E-state index in [0.717, 1.165) is 11.3 Å². The Bertz CT molecular complexity index is 840. The maximum absolute atomic E-state index is 12.5. The minimum absolute atomic E-state index is 0.146. The molecule has 1 aliphatic rings. The van der Waals surface area contributed by atoms with Crippen LogP contribution in [0.25, 0.3) is 0 Å². The molecule has 134 valence electrons. The number of rotatable bonds is 4. The van der Waals surface area contributed by atoms with E-state index in [9.17, 15) is 4.79 Å². The maximum Gasteiger partial charge on any atom is 0.226 e. The van der Waals surface area contributed by atoms with E-state index in [4.69, 9.17) is 16.9 Å². The first-order valence-electron chi connectivity index (χ1n) is 8.58. The van der Waals surface area contributed by atoms with Crippen molar-refractivity contribution in [2.75, 3.05) is 31.1 Å². The smallest absolute Gasteiger partial charge is 0.226 e. The first-order valence-corrected chi connectivity index (χ1v) is 8.96. The Morgan fingerprint density at radius 2 is 2.00 bits per heavy atom. The number of nitriles is 1.